The molecule has 0 N–H and O–H groups in total. The third-order valence-electron chi connectivity index (χ3n) is 1.80. The molecule has 1 aliphatic rings. The lowest BCUT2D eigenvalue weighted by Gasteiger charge is -2.13. The fourth-order valence-corrected chi connectivity index (χ4v) is 1.21. The van der Waals surface area contributed by atoms with Crippen molar-refractivity contribution in [3.63, 3.8) is 0 Å². The maximum Gasteiger partial charge on any atom is 0.0657 e. The van der Waals surface area contributed by atoms with Gasteiger partial charge in [0.05, 0.1) is 18.9 Å². The van der Waals surface area contributed by atoms with Crippen molar-refractivity contribution < 1.29 is 4.74 Å². The zero-order valence-electron chi connectivity index (χ0n) is 10.0. The van der Waals surface area contributed by atoms with Crippen LogP contribution in [0.15, 0.2) is 41.6 Å². The van der Waals surface area contributed by atoms with Crippen molar-refractivity contribution in [1.29, 1.82) is 0 Å². The first-order valence-electron chi connectivity index (χ1n) is 5.38. The van der Waals surface area contributed by atoms with E-state index in [0.717, 1.165) is 24.4 Å². The number of nitrogens with zero attached hydrogens (tertiary/aromatic N) is 1. The van der Waals surface area contributed by atoms with Gasteiger partial charge in [0.2, 0.25) is 0 Å². The first kappa shape index (κ1) is 13.8. The van der Waals surface area contributed by atoms with Crippen LogP contribution >= 0.6 is 0 Å². The summed E-state index contributed by atoms with van der Waals surface area (Å²) in [7, 11) is 0. The van der Waals surface area contributed by atoms with Gasteiger partial charge in [-0.15, -0.1) is 0 Å². The van der Waals surface area contributed by atoms with E-state index < -0.39 is 0 Å². The normalized spacial score (nSPS) is 15.9. The Morgan fingerprint density at radius 1 is 1.53 bits per heavy atom. The lowest BCUT2D eigenvalue weighted by molar-refractivity contribution is 0.156. The number of hydrogen-bond acceptors (Lipinski definition) is 2. The Balaban J connectivity index is 0.000000921. The van der Waals surface area contributed by atoms with Gasteiger partial charge in [-0.1, -0.05) is 33.1 Å². The maximum atomic E-state index is 5.21. The van der Waals surface area contributed by atoms with Crippen LogP contribution < -0.4 is 0 Å². The Morgan fingerprint density at radius 3 is 2.60 bits per heavy atom. The Morgan fingerprint density at radius 2 is 2.20 bits per heavy atom. The summed E-state index contributed by atoms with van der Waals surface area (Å²) in [6, 6.07) is 0. The molecule has 1 rings (SSSR count). The van der Waals surface area contributed by atoms with Crippen LogP contribution in [0.1, 0.15) is 27.2 Å². The van der Waals surface area contributed by atoms with Crippen LogP contribution in [-0.4, -0.2) is 18.9 Å². The van der Waals surface area contributed by atoms with Crippen LogP contribution in [0, 0.1) is 0 Å². The van der Waals surface area contributed by atoms with E-state index in [9.17, 15) is 0 Å². The van der Waals surface area contributed by atoms with E-state index in [0.29, 0.717) is 6.61 Å². The molecule has 1 aliphatic heterocycles. The highest BCUT2D eigenvalue weighted by atomic mass is 16.5. The molecule has 0 aromatic rings. The molecule has 2 nitrogen and oxygen atoms in total. The molecule has 1 heterocycles. The highest BCUT2D eigenvalue weighted by Crippen LogP contribution is 2.11. The predicted octanol–water partition coefficient (Wildman–Crippen LogP) is 3.52. The van der Waals surface area contributed by atoms with E-state index >= 15 is 0 Å². The SMILES string of the molecule is C=CC(=NC(=C)C)C1=CCOCC1.CC. The molecule has 0 amide bonds. The molecule has 15 heavy (non-hydrogen) atoms. The van der Waals surface area contributed by atoms with E-state index in [1.165, 1.54) is 5.57 Å². The van der Waals surface area contributed by atoms with Gasteiger partial charge in [0, 0.05) is 5.70 Å². The maximum absolute atomic E-state index is 5.21. The van der Waals surface area contributed by atoms with E-state index in [2.05, 4.69) is 18.2 Å². The molecule has 0 fully saturated rings. The highest BCUT2D eigenvalue weighted by Gasteiger charge is 2.07. The van der Waals surface area contributed by atoms with Crippen molar-refractivity contribution >= 4 is 5.71 Å². The average Bonchev–Trinajstić information content (AvgIpc) is 2.29. The summed E-state index contributed by atoms with van der Waals surface area (Å²) < 4.78 is 5.21. The molecule has 2 heteroatoms. The second-order valence-electron chi connectivity index (χ2n) is 2.99. The third kappa shape index (κ3) is 5.33. The van der Waals surface area contributed by atoms with E-state index in [1.54, 1.807) is 6.08 Å². The quantitative estimate of drug-likeness (QED) is 0.649. The summed E-state index contributed by atoms with van der Waals surface area (Å²) in [4.78, 5) is 4.30. The zero-order valence-corrected chi connectivity index (χ0v) is 10.0. The van der Waals surface area contributed by atoms with Crippen LogP contribution in [0.2, 0.25) is 0 Å². The van der Waals surface area contributed by atoms with Gasteiger partial charge < -0.3 is 4.74 Å². The number of rotatable bonds is 3. The minimum Gasteiger partial charge on any atom is -0.377 e. The van der Waals surface area contributed by atoms with Gasteiger partial charge in [0.1, 0.15) is 0 Å². The molecule has 0 unspecified atom stereocenters. The average molecular weight is 207 g/mol. The topological polar surface area (TPSA) is 21.6 Å². The van der Waals surface area contributed by atoms with Crippen LogP contribution in [-0.2, 0) is 4.74 Å². The van der Waals surface area contributed by atoms with Crippen molar-refractivity contribution in [2.24, 2.45) is 4.99 Å². The summed E-state index contributed by atoms with van der Waals surface area (Å²) in [6.45, 7) is 14.8. The largest absolute Gasteiger partial charge is 0.377 e. The Labute approximate surface area is 93.1 Å². The first-order valence-corrected chi connectivity index (χ1v) is 5.38. The molecule has 0 radical (unpaired) electrons. The van der Waals surface area contributed by atoms with Crippen LogP contribution in [0.25, 0.3) is 0 Å². The van der Waals surface area contributed by atoms with Crippen LogP contribution in [0.3, 0.4) is 0 Å². The summed E-state index contributed by atoms with van der Waals surface area (Å²) in [6.07, 6.45) is 4.73. The Kier molecular flexibility index (Phi) is 7.56. The van der Waals surface area contributed by atoms with E-state index in [1.807, 2.05) is 26.8 Å². The predicted molar refractivity (Wildman–Crippen MR) is 67.3 cm³/mol. The number of allylic oxidation sites excluding steroid dienone is 2. The highest BCUT2D eigenvalue weighted by molar-refractivity contribution is 6.08. The molecular weight excluding hydrogens is 186 g/mol. The van der Waals surface area contributed by atoms with Crippen LogP contribution in [0.5, 0.6) is 0 Å². The van der Waals surface area contributed by atoms with Gasteiger partial charge >= 0.3 is 0 Å². The molecule has 0 aromatic carbocycles. The van der Waals surface area contributed by atoms with Gasteiger partial charge in [-0.2, -0.15) is 0 Å². The van der Waals surface area contributed by atoms with Gasteiger partial charge in [0.15, 0.2) is 0 Å². The third-order valence-corrected chi connectivity index (χ3v) is 1.80. The number of ether oxygens (including phenoxy) is 1. The molecule has 0 saturated heterocycles. The standard InChI is InChI=1S/C11H15NO.C2H6/c1-4-11(12-9(2)3)10-5-7-13-8-6-10;1-2/h4-5H,1-2,6-8H2,3H3;1-2H3. The van der Waals surface area contributed by atoms with Crippen molar-refractivity contribution in [3.05, 3.63) is 36.6 Å². The summed E-state index contributed by atoms with van der Waals surface area (Å²) in [5, 5.41) is 0. The minimum absolute atomic E-state index is 0.679. The molecule has 0 bridgehead atoms. The Hall–Kier alpha value is -1.15. The molecule has 0 atom stereocenters. The monoisotopic (exact) mass is 207 g/mol. The van der Waals surface area contributed by atoms with Crippen molar-refractivity contribution in [2.75, 3.05) is 13.2 Å². The lowest BCUT2D eigenvalue weighted by atomic mass is 10.1. The van der Waals surface area contributed by atoms with Crippen LogP contribution in [0.4, 0.5) is 0 Å². The van der Waals surface area contributed by atoms with Crippen molar-refractivity contribution in [3.8, 4) is 0 Å². The smallest absolute Gasteiger partial charge is 0.0657 e. The van der Waals surface area contributed by atoms with E-state index in [4.69, 9.17) is 4.74 Å². The Bertz CT molecular complexity index is 274. The van der Waals surface area contributed by atoms with E-state index in [-0.39, 0.29) is 0 Å². The summed E-state index contributed by atoms with van der Waals surface area (Å²) in [5.41, 5.74) is 2.95. The number of aliphatic imine (C=N–C) groups is 1. The minimum atomic E-state index is 0.679. The molecular formula is C13H21NO. The molecule has 84 valence electrons. The fourth-order valence-electron chi connectivity index (χ4n) is 1.21. The van der Waals surface area contributed by atoms with Gasteiger partial charge in [-0.05, 0) is 25.0 Å². The van der Waals surface area contributed by atoms with Gasteiger partial charge in [-0.25, -0.2) is 0 Å². The second kappa shape index (κ2) is 8.18. The van der Waals surface area contributed by atoms with Gasteiger partial charge in [0.25, 0.3) is 0 Å². The zero-order chi connectivity index (χ0) is 11.7. The molecule has 0 aliphatic carbocycles. The lowest BCUT2D eigenvalue weighted by Crippen LogP contribution is -2.10. The summed E-state index contributed by atoms with van der Waals surface area (Å²) >= 11 is 0. The second-order valence-corrected chi connectivity index (χ2v) is 2.99. The molecule has 0 aromatic heterocycles. The van der Waals surface area contributed by atoms with Gasteiger partial charge in [-0.3, -0.25) is 4.99 Å². The number of hydrogen-bond donors (Lipinski definition) is 0. The molecule has 0 spiro atoms. The summed E-state index contributed by atoms with van der Waals surface area (Å²) in [5.74, 6) is 0. The van der Waals surface area contributed by atoms with Crippen molar-refractivity contribution in [2.45, 2.75) is 27.2 Å². The molecule has 0 saturated carbocycles. The fraction of sp³-hybridized carbons (Fsp3) is 0.462. The van der Waals surface area contributed by atoms with Crippen molar-refractivity contribution in [1.82, 2.24) is 0 Å². The first-order chi connectivity index (χ1) is 7.24.